The number of hydrogen-bond donors (Lipinski definition) is 2. The molecule has 1 saturated heterocycles. The Hall–Kier alpha value is -2.76. The summed E-state index contributed by atoms with van der Waals surface area (Å²) in [7, 11) is 1.60. The van der Waals surface area contributed by atoms with E-state index in [1.807, 2.05) is 18.2 Å². The number of nitrogens with one attached hydrogen (secondary N) is 1. The van der Waals surface area contributed by atoms with Crippen molar-refractivity contribution in [1.82, 2.24) is 5.32 Å². The van der Waals surface area contributed by atoms with Crippen molar-refractivity contribution in [2.24, 2.45) is 11.7 Å². The first-order valence-corrected chi connectivity index (χ1v) is 9.71. The predicted octanol–water partition coefficient (Wildman–Crippen LogP) is 4.86. The lowest BCUT2D eigenvalue weighted by atomic mass is 9.98. The van der Waals surface area contributed by atoms with Crippen LogP contribution >= 0.6 is 0 Å². The van der Waals surface area contributed by atoms with Gasteiger partial charge in [-0.1, -0.05) is 24.3 Å². The molecular formula is C24H26F2N2O. The molecule has 0 amide bonds. The number of nitrogens with two attached hydrogens (primary N) is 1. The van der Waals surface area contributed by atoms with Crippen molar-refractivity contribution in [3.05, 3.63) is 78.4 Å². The zero-order valence-corrected chi connectivity index (χ0v) is 16.5. The smallest absolute Gasteiger partial charge is 0.123 e. The Morgan fingerprint density at radius 1 is 0.862 bits per heavy atom. The van der Waals surface area contributed by atoms with Gasteiger partial charge in [0.15, 0.2) is 0 Å². The van der Waals surface area contributed by atoms with Crippen LogP contribution in [0.1, 0.15) is 6.42 Å². The molecule has 29 heavy (non-hydrogen) atoms. The summed E-state index contributed by atoms with van der Waals surface area (Å²) in [6.45, 7) is 3.16. The van der Waals surface area contributed by atoms with Gasteiger partial charge >= 0.3 is 0 Å². The molecule has 3 aromatic rings. The topological polar surface area (TPSA) is 47.3 Å². The van der Waals surface area contributed by atoms with E-state index in [9.17, 15) is 8.78 Å². The van der Waals surface area contributed by atoms with Gasteiger partial charge in [-0.2, -0.15) is 0 Å². The molecule has 152 valence electrons. The van der Waals surface area contributed by atoms with E-state index < -0.39 is 0 Å². The Morgan fingerprint density at radius 3 is 1.72 bits per heavy atom. The van der Waals surface area contributed by atoms with E-state index in [2.05, 4.69) is 5.32 Å². The van der Waals surface area contributed by atoms with E-state index in [1.165, 1.54) is 37.2 Å². The number of halogens is 2. The molecule has 3 nitrogen and oxygen atoms in total. The van der Waals surface area contributed by atoms with Gasteiger partial charge in [-0.15, -0.1) is 0 Å². The zero-order valence-electron chi connectivity index (χ0n) is 16.5. The number of ether oxygens (including phenoxy) is 1. The average molecular weight is 396 g/mol. The molecule has 1 aliphatic heterocycles. The van der Waals surface area contributed by atoms with Gasteiger partial charge < -0.3 is 15.8 Å². The van der Waals surface area contributed by atoms with Crippen LogP contribution in [-0.2, 0) is 0 Å². The summed E-state index contributed by atoms with van der Waals surface area (Å²) < 4.78 is 31.5. The highest BCUT2D eigenvalue weighted by molar-refractivity contribution is 5.75. The van der Waals surface area contributed by atoms with Crippen molar-refractivity contribution in [3.63, 3.8) is 0 Å². The van der Waals surface area contributed by atoms with Gasteiger partial charge in [0, 0.05) is 0 Å². The van der Waals surface area contributed by atoms with Crippen molar-refractivity contribution >= 4 is 0 Å². The van der Waals surface area contributed by atoms with Crippen LogP contribution in [0.4, 0.5) is 8.78 Å². The minimum Gasteiger partial charge on any atom is -0.497 e. The first-order valence-electron chi connectivity index (χ1n) is 9.71. The number of benzene rings is 3. The molecule has 1 aliphatic rings. The van der Waals surface area contributed by atoms with Crippen molar-refractivity contribution in [3.8, 4) is 28.0 Å². The Kier molecular flexibility index (Phi) is 7.33. The van der Waals surface area contributed by atoms with E-state index in [4.69, 9.17) is 10.5 Å². The van der Waals surface area contributed by atoms with Crippen LogP contribution in [0, 0.1) is 17.6 Å². The summed E-state index contributed by atoms with van der Waals surface area (Å²) in [4.78, 5) is 0. The number of hydrogen-bond acceptors (Lipinski definition) is 3. The van der Waals surface area contributed by atoms with E-state index in [0.29, 0.717) is 5.75 Å². The fraction of sp³-hybridized carbons (Fsp3) is 0.250. The maximum Gasteiger partial charge on any atom is 0.123 e. The minimum atomic E-state index is -0.273. The van der Waals surface area contributed by atoms with Gasteiger partial charge in [0.25, 0.3) is 0 Å². The predicted molar refractivity (Wildman–Crippen MR) is 114 cm³/mol. The van der Waals surface area contributed by atoms with Crippen molar-refractivity contribution < 1.29 is 13.5 Å². The summed E-state index contributed by atoms with van der Waals surface area (Å²) >= 11 is 0. The van der Waals surface area contributed by atoms with E-state index in [1.54, 1.807) is 31.4 Å². The van der Waals surface area contributed by atoms with E-state index >= 15 is 0 Å². The Bertz CT molecular complexity index is 841. The molecule has 0 aliphatic carbocycles. The third-order valence-corrected chi connectivity index (χ3v) is 4.99. The summed E-state index contributed by atoms with van der Waals surface area (Å²) in [6.07, 6.45) is 1.27. The van der Waals surface area contributed by atoms with Crippen LogP contribution in [0.15, 0.2) is 66.7 Å². The molecule has 0 saturated carbocycles. The Labute approximate surface area is 170 Å². The monoisotopic (exact) mass is 396 g/mol. The van der Waals surface area contributed by atoms with Gasteiger partial charge in [0.05, 0.1) is 7.11 Å². The Morgan fingerprint density at radius 2 is 1.38 bits per heavy atom. The molecule has 1 atom stereocenters. The molecular weight excluding hydrogens is 370 g/mol. The third-order valence-electron chi connectivity index (χ3n) is 4.99. The van der Waals surface area contributed by atoms with Gasteiger partial charge in [0.2, 0.25) is 0 Å². The SMILES string of the molecule is COc1cc(-c2ccc(F)cc2)cc(-c2ccc(F)cc2)c1.NCC1CCNC1. The fourth-order valence-corrected chi connectivity index (χ4v) is 3.25. The molecule has 3 N–H and O–H groups in total. The lowest BCUT2D eigenvalue weighted by Crippen LogP contribution is -2.16. The third kappa shape index (κ3) is 5.86. The lowest BCUT2D eigenvalue weighted by molar-refractivity contribution is 0.415. The second kappa shape index (κ2) is 10.1. The van der Waals surface area contributed by atoms with Crippen LogP contribution in [0.25, 0.3) is 22.3 Å². The van der Waals surface area contributed by atoms with Crippen LogP contribution in [0.5, 0.6) is 5.75 Å². The molecule has 3 aromatic carbocycles. The lowest BCUT2D eigenvalue weighted by Gasteiger charge is -2.10. The summed E-state index contributed by atoms with van der Waals surface area (Å²) in [6, 6.07) is 18.3. The minimum absolute atomic E-state index is 0.273. The second-order valence-corrected chi connectivity index (χ2v) is 7.06. The van der Waals surface area contributed by atoms with Gasteiger partial charge in [-0.05, 0) is 96.7 Å². The molecule has 0 spiro atoms. The van der Waals surface area contributed by atoms with E-state index in [0.717, 1.165) is 41.3 Å². The van der Waals surface area contributed by atoms with Crippen LogP contribution in [-0.4, -0.2) is 26.7 Å². The number of rotatable bonds is 4. The average Bonchev–Trinajstić information content (AvgIpc) is 3.29. The Balaban J connectivity index is 0.000000290. The summed E-state index contributed by atoms with van der Waals surface area (Å²) in [5, 5.41) is 3.24. The summed E-state index contributed by atoms with van der Waals surface area (Å²) in [5.74, 6) is 0.914. The standard InChI is InChI=1S/C19H14F2O.C5H12N2/c1-22-19-11-15(13-2-6-17(20)7-3-13)10-16(12-19)14-4-8-18(21)9-5-14;6-3-5-1-2-7-4-5/h2-12H,1H3;5,7H,1-4,6H2. The normalized spacial score (nSPS) is 15.5. The van der Waals surface area contributed by atoms with Crippen molar-refractivity contribution in [2.45, 2.75) is 6.42 Å². The number of methoxy groups -OCH3 is 1. The first kappa shape index (κ1) is 21.0. The first-order chi connectivity index (χ1) is 14.1. The van der Waals surface area contributed by atoms with Gasteiger partial charge in [-0.3, -0.25) is 0 Å². The van der Waals surface area contributed by atoms with Gasteiger partial charge in [0.1, 0.15) is 17.4 Å². The molecule has 1 fully saturated rings. The quantitative estimate of drug-likeness (QED) is 0.662. The largest absolute Gasteiger partial charge is 0.497 e. The van der Waals surface area contributed by atoms with Crippen molar-refractivity contribution in [2.75, 3.05) is 26.7 Å². The maximum atomic E-state index is 13.1. The van der Waals surface area contributed by atoms with Crippen molar-refractivity contribution in [1.29, 1.82) is 0 Å². The molecule has 1 unspecified atom stereocenters. The van der Waals surface area contributed by atoms with Gasteiger partial charge in [-0.25, -0.2) is 8.78 Å². The molecule has 1 heterocycles. The maximum absolute atomic E-state index is 13.1. The second-order valence-electron chi connectivity index (χ2n) is 7.06. The fourth-order valence-electron chi connectivity index (χ4n) is 3.25. The molecule has 0 radical (unpaired) electrons. The van der Waals surface area contributed by atoms with Crippen LogP contribution in [0.3, 0.4) is 0 Å². The van der Waals surface area contributed by atoms with E-state index in [-0.39, 0.29) is 11.6 Å². The highest BCUT2D eigenvalue weighted by Gasteiger charge is 2.10. The highest BCUT2D eigenvalue weighted by Crippen LogP contribution is 2.31. The zero-order chi connectivity index (χ0) is 20.6. The van der Waals surface area contributed by atoms with Crippen LogP contribution in [0.2, 0.25) is 0 Å². The van der Waals surface area contributed by atoms with Crippen LogP contribution < -0.4 is 15.8 Å². The highest BCUT2D eigenvalue weighted by atomic mass is 19.1. The summed E-state index contributed by atoms with van der Waals surface area (Å²) in [5.41, 5.74) is 9.01. The molecule has 4 rings (SSSR count). The molecule has 0 aromatic heterocycles. The molecule has 5 heteroatoms. The molecule has 0 bridgehead atoms.